The molecule has 21 heavy (non-hydrogen) atoms. The second kappa shape index (κ2) is 9.85. The lowest BCUT2D eigenvalue weighted by Crippen LogP contribution is -2.37. The number of benzene rings is 1. The Morgan fingerprint density at radius 1 is 1.29 bits per heavy atom. The lowest BCUT2D eigenvalue weighted by Gasteiger charge is -2.17. The topological polar surface area (TPSA) is 41.1 Å². The van der Waals surface area contributed by atoms with Gasteiger partial charge in [-0.05, 0) is 43.5 Å². The second-order valence-corrected chi connectivity index (χ2v) is 6.76. The number of nitrogens with one attached hydrogen (secondary N) is 2. The molecule has 0 fully saturated rings. The van der Waals surface area contributed by atoms with Gasteiger partial charge in [0.15, 0.2) is 0 Å². The fourth-order valence-corrected chi connectivity index (χ4v) is 2.56. The van der Waals surface area contributed by atoms with E-state index in [1.54, 1.807) is 11.8 Å². The third-order valence-electron chi connectivity index (χ3n) is 3.41. The Morgan fingerprint density at radius 2 is 2.05 bits per heavy atom. The van der Waals surface area contributed by atoms with Gasteiger partial charge < -0.3 is 10.6 Å². The van der Waals surface area contributed by atoms with Crippen LogP contribution in [0.2, 0.25) is 0 Å². The molecule has 0 aromatic heterocycles. The standard InChI is InChI=1S/C17H28N2OS/c1-5-9-18-11-15-7-6-8-16(10-15)21-12-17(20)19-14(4)13(2)3/h6-8,10,13-14,18H,5,9,11-12H2,1-4H3,(H,19,20). The summed E-state index contributed by atoms with van der Waals surface area (Å²) in [6, 6.07) is 8.62. The fourth-order valence-electron chi connectivity index (χ4n) is 1.77. The van der Waals surface area contributed by atoms with Crippen LogP contribution < -0.4 is 10.6 Å². The third-order valence-corrected chi connectivity index (χ3v) is 4.41. The zero-order valence-electron chi connectivity index (χ0n) is 13.6. The van der Waals surface area contributed by atoms with Crippen LogP contribution >= 0.6 is 11.8 Å². The number of carbonyl (C=O) groups excluding carboxylic acids is 1. The number of hydrogen-bond donors (Lipinski definition) is 2. The Hall–Kier alpha value is -1.00. The van der Waals surface area contributed by atoms with E-state index in [1.165, 1.54) is 5.56 Å². The lowest BCUT2D eigenvalue weighted by molar-refractivity contribution is -0.119. The predicted molar refractivity (Wildman–Crippen MR) is 91.6 cm³/mol. The first-order valence-corrected chi connectivity index (χ1v) is 8.73. The molecule has 0 aliphatic carbocycles. The Bertz CT molecular complexity index is 435. The quantitative estimate of drug-likeness (QED) is 0.542. The van der Waals surface area contributed by atoms with Crippen molar-refractivity contribution in [3.8, 4) is 0 Å². The van der Waals surface area contributed by atoms with Crippen molar-refractivity contribution in [1.82, 2.24) is 10.6 Å². The molecule has 3 nitrogen and oxygen atoms in total. The highest BCUT2D eigenvalue weighted by atomic mass is 32.2. The van der Waals surface area contributed by atoms with Gasteiger partial charge >= 0.3 is 0 Å². The summed E-state index contributed by atoms with van der Waals surface area (Å²) in [4.78, 5) is 13.0. The number of rotatable bonds is 9. The monoisotopic (exact) mass is 308 g/mol. The van der Waals surface area contributed by atoms with E-state index in [1.807, 2.05) is 6.92 Å². The molecular weight excluding hydrogens is 280 g/mol. The molecule has 0 saturated heterocycles. The molecule has 0 saturated carbocycles. The Balaban J connectivity index is 2.40. The van der Waals surface area contributed by atoms with Crippen LogP contribution in [0.5, 0.6) is 0 Å². The van der Waals surface area contributed by atoms with Gasteiger partial charge in [0, 0.05) is 17.5 Å². The van der Waals surface area contributed by atoms with Crippen LogP contribution in [0.25, 0.3) is 0 Å². The summed E-state index contributed by atoms with van der Waals surface area (Å²) in [5.74, 6) is 1.05. The fraction of sp³-hybridized carbons (Fsp3) is 0.588. The summed E-state index contributed by atoms with van der Waals surface area (Å²) in [6.07, 6.45) is 1.14. The van der Waals surface area contributed by atoms with E-state index in [0.29, 0.717) is 11.7 Å². The molecule has 1 amide bonds. The average Bonchev–Trinajstić information content (AvgIpc) is 2.46. The minimum atomic E-state index is 0.107. The highest BCUT2D eigenvalue weighted by Crippen LogP contribution is 2.19. The minimum Gasteiger partial charge on any atom is -0.353 e. The van der Waals surface area contributed by atoms with Crippen molar-refractivity contribution >= 4 is 17.7 Å². The zero-order valence-corrected chi connectivity index (χ0v) is 14.4. The largest absolute Gasteiger partial charge is 0.353 e. The van der Waals surface area contributed by atoms with Crippen molar-refractivity contribution in [2.24, 2.45) is 5.92 Å². The summed E-state index contributed by atoms with van der Waals surface area (Å²) in [5, 5.41) is 6.43. The maximum absolute atomic E-state index is 11.9. The molecule has 1 aromatic rings. The molecule has 0 aliphatic rings. The van der Waals surface area contributed by atoms with Gasteiger partial charge in [-0.2, -0.15) is 0 Å². The van der Waals surface area contributed by atoms with E-state index in [2.05, 4.69) is 55.7 Å². The van der Waals surface area contributed by atoms with Crippen molar-refractivity contribution in [2.45, 2.75) is 51.6 Å². The average molecular weight is 308 g/mol. The minimum absolute atomic E-state index is 0.107. The predicted octanol–water partition coefficient (Wildman–Crippen LogP) is 3.44. The molecule has 1 atom stereocenters. The lowest BCUT2D eigenvalue weighted by atomic mass is 10.1. The van der Waals surface area contributed by atoms with Crippen LogP contribution in [0.1, 0.15) is 39.7 Å². The van der Waals surface area contributed by atoms with E-state index in [0.717, 1.165) is 24.4 Å². The number of carbonyl (C=O) groups is 1. The van der Waals surface area contributed by atoms with Crippen LogP contribution in [0.4, 0.5) is 0 Å². The molecule has 1 unspecified atom stereocenters. The van der Waals surface area contributed by atoms with Gasteiger partial charge in [0.2, 0.25) is 5.91 Å². The van der Waals surface area contributed by atoms with Gasteiger partial charge in [0.1, 0.15) is 0 Å². The summed E-state index contributed by atoms with van der Waals surface area (Å²) in [6.45, 7) is 10.4. The molecule has 1 rings (SSSR count). The molecule has 0 heterocycles. The maximum Gasteiger partial charge on any atom is 0.230 e. The summed E-state index contributed by atoms with van der Waals surface area (Å²) >= 11 is 1.60. The summed E-state index contributed by atoms with van der Waals surface area (Å²) in [7, 11) is 0. The van der Waals surface area contributed by atoms with Gasteiger partial charge in [-0.1, -0.05) is 32.9 Å². The first-order valence-electron chi connectivity index (χ1n) is 7.74. The number of hydrogen-bond acceptors (Lipinski definition) is 3. The second-order valence-electron chi connectivity index (χ2n) is 5.71. The highest BCUT2D eigenvalue weighted by molar-refractivity contribution is 8.00. The van der Waals surface area contributed by atoms with Crippen LogP contribution in [0.3, 0.4) is 0 Å². The van der Waals surface area contributed by atoms with Crippen LogP contribution in [-0.4, -0.2) is 24.2 Å². The van der Waals surface area contributed by atoms with E-state index in [4.69, 9.17) is 0 Å². The number of amides is 1. The Labute approximate surface area is 133 Å². The van der Waals surface area contributed by atoms with Crippen molar-refractivity contribution < 1.29 is 4.79 Å². The molecular formula is C17H28N2OS. The Morgan fingerprint density at radius 3 is 2.71 bits per heavy atom. The van der Waals surface area contributed by atoms with E-state index >= 15 is 0 Å². The molecule has 118 valence electrons. The highest BCUT2D eigenvalue weighted by Gasteiger charge is 2.10. The smallest absolute Gasteiger partial charge is 0.230 e. The van der Waals surface area contributed by atoms with E-state index < -0.39 is 0 Å². The zero-order chi connectivity index (χ0) is 15.7. The Kier molecular flexibility index (Phi) is 8.47. The molecule has 2 N–H and O–H groups in total. The van der Waals surface area contributed by atoms with Crippen molar-refractivity contribution in [2.75, 3.05) is 12.3 Å². The third kappa shape index (κ3) is 7.53. The van der Waals surface area contributed by atoms with Gasteiger partial charge in [0.05, 0.1) is 5.75 Å². The van der Waals surface area contributed by atoms with Gasteiger partial charge in [-0.25, -0.2) is 0 Å². The van der Waals surface area contributed by atoms with E-state index in [9.17, 15) is 4.79 Å². The molecule has 0 aliphatic heterocycles. The van der Waals surface area contributed by atoms with Crippen molar-refractivity contribution in [3.05, 3.63) is 29.8 Å². The van der Waals surface area contributed by atoms with Gasteiger partial charge in [-0.15, -0.1) is 11.8 Å². The normalized spacial score (nSPS) is 12.4. The van der Waals surface area contributed by atoms with Gasteiger partial charge in [0.25, 0.3) is 0 Å². The van der Waals surface area contributed by atoms with Crippen molar-refractivity contribution in [1.29, 1.82) is 0 Å². The summed E-state index contributed by atoms with van der Waals surface area (Å²) < 4.78 is 0. The van der Waals surface area contributed by atoms with Crippen LogP contribution in [0, 0.1) is 5.92 Å². The van der Waals surface area contributed by atoms with Crippen LogP contribution in [-0.2, 0) is 11.3 Å². The molecule has 0 spiro atoms. The molecule has 0 radical (unpaired) electrons. The maximum atomic E-state index is 11.9. The van der Waals surface area contributed by atoms with Crippen LogP contribution in [0.15, 0.2) is 29.2 Å². The molecule has 0 bridgehead atoms. The van der Waals surface area contributed by atoms with Crippen molar-refractivity contribution in [3.63, 3.8) is 0 Å². The van der Waals surface area contributed by atoms with Gasteiger partial charge in [-0.3, -0.25) is 4.79 Å². The molecule has 1 aromatic carbocycles. The first kappa shape index (κ1) is 18.1. The SMILES string of the molecule is CCCNCc1cccc(SCC(=O)NC(C)C(C)C)c1. The molecule has 4 heteroatoms. The first-order chi connectivity index (χ1) is 10.0. The summed E-state index contributed by atoms with van der Waals surface area (Å²) in [5.41, 5.74) is 1.27. The number of thioether (sulfide) groups is 1. The van der Waals surface area contributed by atoms with E-state index in [-0.39, 0.29) is 11.9 Å².